The fourth-order valence-corrected chi connectivity index (χ4v) is 3.67. The fraction of sp³-hybridized carbons (Fsp3) is 0.417. The summed E-state index contributed by atoms with van der Waals surface area (Å²) in [5.41, 5.74) is 12.9. The van der Waals surface area contributed by atoms with E-state index in [0.29, 0.717) is 0 Å². The third-order valence-electron chi connectivity index (χ3n) is 5.78. The number of carboxylic acids is 2. The van der Waals surface area contributed by atoms with E-state index in [0.717, 1.165) is 16.5 Å². The van der Waals surface area contributed by atoms with Gasteiger partial charge in [0.15, 0.2) is 0 Å². The second kappa shape index (κ2) is 13.7. The van der Waals surface area contributed by atoms with Crippen LogP contribution in [0.1, 0.15) is 38.2 Å². The number of carboxylic acid groups (broad SMARTS) is 2. The molecule has 1 aromatic heterocycles. The highest BCUT2D eigenvalue weighted by molar-refractivity contribution is 5.94. The molecule has 0 saturated heterocycles. The van der Waals surface area contributed by atoms with Crippen LogP contribution in [-0.4, -0.2) is 74.9 Å². The van der Waals surface area contributed by atoms with Crippen LogP contribution in [-0.2, 0) is 35.2 Å². The number of aromatic amines is 1. The van der Waals surface area contributed by atoms with Crippen molar-refractivity contribution in [3.8, 4) is 0 Å². The minimum atomic E-state index is -1.48. The average molecular weight is 533 g/mol. The number of rotatable bonds is 15. The monoisotopic (exact) mass is 532 g/mol. The van der Waals surface area contributed by atoms with E-state index in [1.165, 1.54) is 6.92 Å². The molecule has 206 valence electrons. The number of hydrogen-bond donors (Lipinski definition) is 8. The Morgan fingerprint density at radius 2 is 1.53 bits per heavy atom. The van der Waals surface area contributed by atoms with Gasteiger partial charge in [-0.05, 0) is 37.8 Å². The van der Waals surface area contributed by atoms with Gasteiger partial charge >= 0.3 is 11.9 Å². The standard InChI is InChI=1S/C24H32N6O8/c1-12(21(34)30-18(24(37)38)7-9-20(32)33)28-23(36)17(6-8-19(26)31)29-22(35)15(25)10-13-11-27-16-5-3-2-4-14(13)16/h2-5,11-12,15,17-18,27H,6-10,25H2,1H3,(H2,26,31)(H,28,36)(H,29,35)(H,30,34)(H,32,33)(H,37,38). The lowest BCUT2D eigenvalue weighted by Crippen LogP contribution is -2.56. The number of H-pyrrole nitrogens is 1. The zero-order chi connectivity index (χ0) is 28.4. The van der Waals surface area contributed by atoms with Gasteiger partial charge in [0.1, 0.15) is 18.1 Å². The van der Waals surface area contributed by atoms with Gasteiger partial charge < -0.3 is 42.6 Å². The number of carbonyl (C=O) groups is 6. The van der Waals surface area contributed by atoms with Crippen molar-refractivity contribution in [1.29, 1.82) is 0 Å². The van der Waals surface area contributed by atoms with E-state index in [4.69, 9.17) is 16.6 Å². The Balaban J connectivity index is 2.03. The number of hydrogen-bond acceptors (Lipinski definition) is 7. The van der Waals surface area contributed by atoms with Gasteiger partial charge in [0.25, 0.3) is 0 Å². The van der Waals surface area contributed by atoms with E-state index in [1.54, 1.807) is 6.20 Å². The first-order chi connectivity index (χ1) is 17.9. The third-order valence-corrected chi connectivity index (χ3v) is 5.78. The lowest BCUT2D eigenvalue weighted by molar-refractivity contribution is -0.143. The Bertz CT molecular complexity index is 1200. The van der Waals surface area contributed by atoms with E-state index in [-0.39, 0.29) is 25.7 Å². The summed E-state index contributed by atoms with van der Waals surface area (Å²) in [6.45, 7) is 1.28. The van der Waals surface area contributed by atoms with E-state index in [9.17, 15) is 33.9 Å². The molecule has 4 unspecified atom stereocenters. The van der Waals surface area contributed by atoms with Crippen LogP contribution in [0.3, 0.4) is 0 Å². The first kappa shape index (κ1) is 29.8. The lowest BCUT2D eigenvalue weighted by atomic mass is 10.0. The minimum Gasteiger partial charge on any atom is -0.481 e. The number of aromatic nitrogens is 1. The summed E-state index contributed by atoms with van der Waals surface area (Å²) < 4.78 is 0. The summed E-state index contributed by atoms with van der Waals surface area (Å²) in [7, 11) is 0. The highest BCUT2D eigenvalue weighted by Gasteiger charge is 2.29. The molecule has 0 aliphatic rings. The van der Waals surface area contributed by atoms with Gasteiger partial charge in [0.05, 0.1) is 6.04 Å². The Morgan fingerprint density at radius 1 is 0.895 bits per heavy atom. The van der Waals surface area contributed by atoms with Gasteiger partial charge in [-0.3, -0.25) is 24.0 Å². The van der Waals surface area contributed by atoms with Crippen LogP contribution in [0, 0.1) is 0 Å². The van der Waals surface area contributed by atoms with Crippen LogP contribution in [0.4, 0.5) is 0 Å². The summed E-state index contributed by atoms with van der Waals surface area (Å²) in [6, 6.07) is 2.42. The smallest absolute Gasteiger partial charge is 0.326 e. The zero-order valence-corrected chi connectivity index (χ0v) is 20.7. The second-order valence-electron chi connectivity index (χ2n) is 8.80. The molecular weight excluding hydrogens is 500 g/mol. The number of carbonyl (C=O) groups excluding carboxylic acids is 4. The Labute approximate surface area is 217 Å². The molecule has 2 rings (SSSR count). The van der Waals surface area contributed by atoms with Gasteiger partial charge in [-0.25, -0.2) is 4.79 Å². The number of fused-ring (bicyclic) bond motifs is 1. The summed E-state index contributed by atoms with van der Waals surface area (Å²) in [6.07, 6.45) is 0.632. The minimum absolute atomic E-state index is 0.158. The molecule has 0 spiro atoms. The SMILES string of the molecule is CC(NC(=O)C(CCC(N)=O)NC(=O)C(N)Cc1c[nH]c2ccccc12)C(=O)NC(CCC(=O)O)C(=O)O. The first-order valence-corrected chi connectivity index (χ1v) is 11.8. The molecule has 0 aliphatic heterocycles. The molecule has 14 heteroatoms. The van der Waals surface area contributed by atoms with Crippen LogP contribution < -0.4 is 27.4 Å². The Morgan fingerprint density at radius 3 is 2.16 bits per heavy atom. The predicted molar refractivity (Wildman–Crippen MR) is 134 cm³/mol. The first-order valence-electron chi connectivity index (χ1n) is 11.8. The number of benzene rings is 1. The molecular formula is C24H32N6O8. The molecule has 4 atom stereocenters. The number of nitrogens with one attached hydrogen (secondary N) is 4. The maximum absolute atomic E-state index is 12.9. The van der Waals surface area contributed by atoms with Crippen molar-refractivity contribution in [2.24, 2.45) is 11.5 Å². The van der Waals surface area contributed by atoms with Crippen molar-refractivity contribution in [3.63, 3.8) is 0 Å². The van der Waals surface area contributed by atoms with Crippen molar-refractivity contribution < 1.29 is 39.0 Å². The number of amides is 4. The lowest BCUT2D eigenvalue weighted by Gasteiger charge is -2.23. The van der Waals surface area contributed by atoms with Crippen molar-refractivity contribution in [2.45, 2.75) is 63.2 Å². The topological polar surface area (TPSA) is 247 Å². The maximum atomic E-state index is 12.9. The number of primary amides is 1. The number of para-hydroxylation sites is 1. The highest BCUT2D eigenvalue weighted by Crippen LogP contribution is 2.18. The molecule has 4 amide bonds. The number of nitrogens with two attached hydrogens (primary N) is 2. The summed E-state index contributed by atoms with van der Waals surface area (Å²) in [4.78, 5) is 74.5. The molecule has 0 aliphatic carbocycles. The second-order valence-corrected chi connectivity index (χ2v) is 8.80. The summed E-state index contributed by atoms with van der Waals surface area (Å²) in [5.74, 6) is -5.76. The third kappa shape index (κ3) is 8.89. The van der Waals surface area contributed by atoms with Crippen LogP contribution in [0.2, 0.25) is 0 Å². The molecule has 1 aromatic carbocycles. The van der Waals surface area contributed by atoms with E-state index in [2.05, 4.69) is 20.9 Å². The van der Waals surface area contributed by atoms with E-state index in [1.807, 2.05) is 24.3 Å². The van der Waals surface area contributed by atoms with Gasteiger partial charge in [0, 0.05) is 29.9 Å². The predicted octanol–water partition coefficient (Wildman–Crippen LogP) is -1.27. The van der Waals surface area contributed by atoms with Crippen LogP contribution in [0.25, 0.3) is 10.9 Å². The summed E-state index contributed by atoms with van der Waals surface area (Å²) in [5, 5.41) is 25.8. The fourth-order valence-electron chi connectivity index (χ4n) is 3.67. The largest absolute Gasteiger partial charge is 0.481 e. The van der Waals surface area contributed by atoms with Gasteiger partial charge in [-0.15, -0.1) is 0 Å². The zero-order valence-electron chi connectivity index (χ0n) is 20.7. The molecule has 0 saturated carbocycles. The van der Waals surface area contributed by atoms with Crippen molar-refractivity contribution >= 4 is 46.5 Å². The van der Waals surface area contributed by atoms with Crippen LogP contribution in [0.15, 0.2) is 30.5 Å². The van der Waals surface area contributed by atoms with Gasteiger partial charge in [-0.2, -0.15) is 0 Å². The number of aliphatic carboxylic acids is 2. The van der Waals surface area contributed by atoms with Crippen molar-refractivity contribution in [3.05, 3.63) is 36.0 Å². The molecule has 1 heterocycles. The molecule has 0 fully saturated rings. The average Bonchev–Trinajstić information content (AvgIpc) is 3.26. The normalized spacial score (nSPS) is 14.1. The van der Waals surface area contributed by atoms with Crippen molar-refractivity contribution in [2.75, 3.05) is 0 Å². The molecule has 14 nitrogen and oxygen atoms in total. The van der Waals surface area contributed by atoms with Crippen LogP contribution in [0.5, 0.6) is 0 Å². The quantitative estimate of drug-likeness (QED) is 0.136. The Hall–Kier alpha value is -4.46. The maximum Gasteiger partial charge on any atom is 0.326 e. The van der Waals surface area contributed by atoms with Crippen molar-refractivity contribution in [1.82, 2.24) is 20.9 Å². The highest BCUT2D eigenvalue weighted by atomic mass is 16.4. The molecule has 0 bridgehead atoms. The van der Waals surface area contributed by atoms with Crippen LogP contribution >= 0.6 is 0 Å². The molecule has 10 N–H and O–H groups in total. The molecule has 0 radical (unpaired) electrons. The Kier molecular flexibility index (Phi) is 10.8. The molecule has 2 aromatic rings. The van der Waals surface area contributed by atoms with Gasteiger partial charge in [-0.1, -0.05) is 18.2 Å². The molecule has 38 heavy (non-hydrogen) atoms. The van der Waals surface area contributed by atoms with Gasteiger partial charge in [0.2, 0.25) is 23.6 Å². The van der Waals surface area contributed by atoms with E-state index >= 15 is 0 Å². The van der Waals surface area contributed by atoms with E-state index < -0.39 is 66.2 Å². The summed E-state index contributed by atoms with van der Waals surface area (Å²) >= 11 is 0.